The number of ether oxygens (including phenoxy) is 3. The first kappa shape index (κ1) is 39.3. The molecule has 9 N–H and O–H groups in total. The number of aryl methyl sites for hydroxylation is 1. The van der Waals surface area contributed by atoms with Crippen molar-refractivity contribution in [3.63, 3.8) is 0 Å². The number of hydrogen-bond donors (Lipinski definition) is 7. The van der Waals surface area contributed by atoms with E-state index in [1.54, 1.807) is 26.2 Å². The molecule has 0 aromatic heterocycles. The van der Waals surface area contributed by atoms with Crippen molar-refractivity contribution in [1.82, 2.24) is 10.6 Å². The van der Waals surface area contributed by atoms with Gasteiger partial charge in [0.15, 0.2) is 40.7 Å². The smallest absolute Gasteiger partial charge is 0.192 e. The first-order valence-corrected chi connectivity index (χ1v) is 17.9. The highest BCUT2D eigenvalue weighted by atomic mass is 16.5. The lowest BCUT2D eigenvalue weighted by molar-refractivity contribution is -0.123. The summed E-state index contributed by atoms with van der Waals surface area (Å²) in [5, 5.41) is 30.6. The number of nitrogens with one attached hydrogen (secondary N) is 3. The highest BCUT2D eigenvalue weighted by Crippen LogP contribution is 2.45. The van der Waals surface area contributed by atoms with Crippen LogP contribution in [0, 0.1) is 11.3 Å². The Morgan fingerprint density at radius 2 is 1.78 bits per heavy atom. The van der Waals surface area contributed by atoms with E-state index in [1.807, 2.05) is 37.4 Å². The lowest BCUT2D eigenvalue weighted by Gasteiger charge is -2.31. The molecule has 2 saturated carbocycles. The molecule has 2 atom stereocenters. The Bertz CT molecular complexity index is 1560. The number of hydrogen-bond acceptors (Lipinski definition) is 9. The Morgan fingerprint density at radius 3 is 2.49 bits per heavy atom. The van der Waals surface area contributed by atoms with Crippen molar-refractivity contribution >= 4 is 23.4 Å². The molecule has 0 heterocycles. The molecule has 0 saturated heterocycles. The number of aliphatic imine (C=N–C) groups is 2. The highest BCUT2D eigenvalue weighted by Gasteiger charge is 2.42. The van der Waals surface area contributed by atoms with Crippen molar-refractivity contribution in [2.75, 3.05) is 53.5 Å². The number of benzene rings is 2. The predicted molar refractivity (Wildman–Crippen MR) is 202 cm³/mol. The van der Waals surface area contributed by atoms with Gasteiger partial charge in [0, 0.05) is 32.7 Å². The van der Waals surface area contributed by atoms with Crippen molar-refractivity contribution in [2.24, 2.45) is 32.8 Å². The van der Waals surface area contributed by atoms with Crippen LogP contribution in [0.5, 0.6) is 23.0 Å². The predicted octanol–water partition coefficient (Wildman–Crippen LogP) is 4.36. The van der Waals surface area contributed by atoms with E-state index in [2.05, 4.69) is 25.9 Å². The average molecular weight is 708 g/mol. The lowest BCUT2D eigenvalue weighted by atomic mass is 9.76. The Kier molecular flexibility index (Phi) is 14.4. The van der Waals surface area contributed by atoms with E-state index in [-0.39, 0.29) is 23.2 Å². The van der Waals surface area contributed by atoms with Gasteiger partial charge in [-0.1, -0.05) is 25.0 Å². The monoisotopic (exact) mass is 707 g/mol. The Labute approximate surface area is 301 Å². The molecule has 13 nitrogen and oxygen atoms in total. The van der Waals surface area contributed by atoms with E-state index in [0.29, 0.717) is 68.2 Å². The fourth-order valence-corrected chi connectivity index (χ4v) is 7.39. The van der Waals surface area contributed by atoms with Crippen LogP contribution in [0.4, 0.5) is 5.69 Å². The highest BCUT2D eigenvalue weighted by molar-refractivity contribution is 5.95. The Balaban J connectivity index is 1.45. The van der Waals surface area contributed by atoms with E-state index in [4.69, 9.17) is 25.7 Å². The maximum absolute atomic E-state index is 13.7. The molecule has 280 valence electrons. The molecule has 2 aliphatic rings. The van der Waals surface area contributed by atoms with Gasteiger partial charge < -0.3 is 51.8 Å². The van der Waals surface area contributed by atoms with Crippen molar-refractivity contribution in [3.05, 3.63) is 53.6 Å². The molecule has 0 radical (unpaired) electrons. The third-order valence-corrected chi connectivity index (χ3v) is 10.1. The number of carbonyl (C=O) groups is 1. The molecule has 0 spiro atoms. The average Bonchev–Trinajstić information content (AvgIpc) is 3.77. The van der Waals surface area contributed by atoms with Crippen LogP contribution in [0.1, 0.15) is 68.9 Å². The van der Waals surface area contributed by atoms with Crippen molar-refractivity contribution in [3.8, 4) is 23.0 Å². The Morgan fingerprint density at radius 1 is 1.04 bits per heavy atom. The molecule has 2 aromatic rings. The van der Waals surface area contributed by atoms with Crippen molar-refractivity contribution in [2.45, 2.75) is 76.2 Å². The second kappa shape index (κ2) is 18.7. The van der Waals surface area contributed by atoms with Gasteiger partial charge in [-0.25, -0.2) is 0 Å². The quantitative estimate of drug-likeness (QED) is 0.0290. The van der Waals surface area contributed by atoms with E-state index in [9.17, 15) is 15.0 Å². The fraction of sp³-hybridized carbons (Fsp3) is 0.553. The summed E-state index contributed by atoms with van der Waals surface area (Å²) in [5.41, 5.74) is 13.0. The van der Waals surface area contributed by atoms with Crippen LogP contribution >= 0.6 is 0 Å². The van der Waals surface area contributed by atoms with Crippen LogP contribution in [0.2, 0.25) is 0 Å². The molecule has 2 fully saturated rings. The number of methoxy groups -OCH3 is 1. The number of aromatic hydroxyl groups is 2. The van der Waals surface area contributed by atoms with E-state index < -0.39 is 11.0 Å². The molecule has 0 aliphatic heterocycles. The summed E-state index contributed by atoms with van der Waals surface area (Å²) in [4.78, 5) is 21.5. The molecular weight excluding hydrogens is 650 g/mol. The summed E-state index contributed by atoms with van der Waals surface area (Å²) in [6.45, 7) is 1.50. The van der Waals surface area contributed by atoms with Gasteiger partial charge in [0.2, 0.25) is 0 Å². The number of nitrogens with two attached hydrogens (primary N) is 2. The van der Waals surface area contributed by atoms with Crippen molar-refractivity contribution in [1.29, 1.82) is 0 Å². The number of rotatable bonds is 18. The summed E-state index contributed by atoms with van der Waals surface area (Å²) in [6, 6.07) is 9.03. The molecule has 2 aromatic carbocycles. The summed E-state index contributed by atoms with van der Waals surface area (Å²) in [6.07, 6.45) is 12.6. The molecular formula is C38H57N7O6. The molecule has 0 amide bonds. The number of nitrogens with zero attached hydrogens (tertiary/aromatic N) is 2. The maximum Gasteiger partial charge on any atom is 0.192 e. The van der Waals surface area contributed by atoms with Crippen LogP contribution in [-0.4, -0.2) is 81.7 Å². The summed E-state index contributed by atoms with van der Waals surface area (Å²) in [7, 11) is 6.62. The molecule has 4 rings (SSSR count). The zero-order valence-corrected chi connectivity index (χ0v) is 30.6. The van der Waals surface area contributed by atoms with Crippen LogP contribution < -0.4 is 36.9 Å². The van der Waals surface area contributed by atoms with Crippen LogP contribution in [0.25, 0.3) is 0 Å². The number of phenolic OH excluding ortho intramolecular Hbond substituents is 2. The number of guanidine groups is 2. The zero-order valence-electron chi connectivity index (χ0n) is 30.6. The molecule has 2 aliphatic carbocycles. The van der Waals surface area contributed by atoms with E-state index in [0.717, 1.165) is 62.5 Å². The van der Waals surface area contributed by atoms with Gasteiger partial charge >= 0.3 is 0 Å². The standard InChI is InChI=1S/C38H57N7O6/c1-41-24-38(17-13-26(23-38)14-18-50-25-44-35(39)42-2)51-32-20-27(19-29(34(32)48)45-36(40)43-3)9-5-6-10-33(47)37(15-7-8-16-37)22-28-11-12-30(46)31(21-28)49-4/h6,10-12,19-21,26,41,46,48H,5,7-9,13-18,22-25H2,1-4H3,(H3,39,42,44)(H3,40,43,45). The summed E-state index contributed by atoms with van der Waals surface area (Å²) in [5.74, 6) is 1.86. The minimum Gasteiger partial charge on any atom is -0.504 e. The molecule has 51 heavy (non-hydrogen) atoms. The lowest BCUT2D eigenvalue weighted by Crippen LogP contribution is -2.42. The third kappa shape index (κ3) is 10.8. The normalized spacial score (nSPS) is 20.5. The second-order valence-corrected chi connectivity index (χ2v) is 13.8. The SMILES string of the molecule is CN=C(N)NCOCCC1CCC(CNC)(Oc2cc(CCC=CC(=O)C3(Cc4ccc(O)c(OC)c4)CCCC3)cc(NC(N)=NC)c2O)C1. The molecule has 2 unspecified atom stereocenters. The summed E-state index contributed by atoms with van der Waals surface area (Å²) >= 11 is 0. The van der Waals surface area contributed by atoms with Gasteiger partial charge in [-0.15, -0.1) is 0 Å². The minimum atomic E-state index is -0.516. The number of phenols is 2. The van der Waals surface area contributed by atoms with Crippen LogP contribution in [-0.2, 0) is 22.4 Å². The van der Waals surface area contributed by atoms with Gasteiger partial charge in [0.1, 0.15) is 12.3 Å². The largest absolute Gasteiger partial charge is 0.504 e. The maximum atomic E-state index is 13.7. The summed E-state index contributed by atoms with van der Waals surface area (Å²) < 4.78 is 17.7. The number of ketones is 1. The fourth-order valence-electron chi connectivity index (χ4n) is 7.39. The molecule has 13 heteroatoms. The van der Waals surface area contributed by atoms with Crippen molar-refractivity contribution < 1.29 is 29.2 Å². The zero-order chi connectivity index (χ0) is 36.9. The van der Waals surface area contributed by atoms with Gasteiger partial charge in [0.25, 0.3) is 0 Å². The number of likely N-dealkylation sites (N-methyl/N-ethyl adjacent to an activating group) is 1. The van der Waals surface area contributed by atoms with Crippen LogP contribution in [0.3, 0.4) is 0 Å². The van der Waals surface area contributed by atoms with E-state index in [1.165, 1.54) is 7.11 Å². The van der Waals surface area contributed by atoms with Gasteiger partial charge in [-0.3, -0.25) is 14.8 Å². The van der Waals surface area contributed by atoms with Gasteiger partial charge in [-0.2, -0.15) is 0 Å². The first-order valence-electron chi connectivity index (χ1n) is 17.9. The number of anilines is 1. The first-order chi connectivity index (χ1) is 24.6. The number of carbonyl (C=O) groups excluding carboxylic acids is 1. The van der Waals surface area contributed by atoms with E-state index >= 15 is 0 Å². The second-order valence-electron chi connectivity index (χ2n) is 13.8. The minimum absolute atomic E-state index is 0.0337. The Hall–Kier alpha value is -4.49. The topological polar surface area (TPSA) is 198 Å². The third-order valence-electron chi connectivity index (χ3n) is 10.1. The number of allylic oxidation sites excluding steroid dienone is 2. The van der Waals surface area contributed by atoms with Gasteiger partial charge in [0.05, 0.1) is 12.8 Å². The van der Waals surface area contributed by atoms with Gasteiger partial charge in [-0.05, 0) is 112 Å². The molecule has 0 bridgehead atoms. The van der Waals surface area contributed by atoms with Crippen LogP contribution in [0.15, 0.2) is 52.5 Å².